The number of hydrogen-bond donors (Lipinski definition) is 0. The highest BCUT2D eigenvalue weighted by atomic mass is 79.9. The van der Waals surface area contributed by atoms with Crippen molar-refractivity contribution in [3.05, 3.63) is 127 Å². The van der Waals surface area contributed by atoms with Gasteiger partial charge in [-0.05, 0) is 62.4 Å². The van der Waals surface area contributed by atoms with Crippen molar-refractivity contribution in [2.75, 3.05) is 6.61 Å². The number of benzene rings is 3. The summed E-state index contributed by atoms with van der Waals surface area (Å²) in [6.07, 6.45) is 1.89. The molecule has 2 heterocycles. The van der Waals surface area contributed by atoms with Gasteiger partial charge in [-0.2, -0.15) is 0 Å². The predicted molar refractivity (Wildman–Crippen MR) is 145 cm³/mol. The molecule has 1 unspecified atom stereocenters. The van der Waals surface area contributed by atoms with Gasteiger partial charge in [0.2, 0.25) is 0 Å². The SMILES string of the molecule is CCOC(=O)c1c(C(C)[P+](c2ccccc2)(c2ccccc2)c2ccccc2)nc2ccccn12.[Br-]. The maximum Gasteiger partial charge on any atom is 0.357 e. The van der Waals surface area contributed by atoms with Crippen molar-refractivity contribution >= 4 is 34.8 Å². The van der Waals surface area contributed by atoms with Crippen molar-refractivity contribution < 1.29 is 26.5 Å². The molecule has 4 nitrogen and oxygen atoms in total. The molecule has 5 rings (SSSR count). The molecule has 0 aliphatic carbocycles. The zero-order valence-corrected chi connectivity index (χ0v) is 22.8. The summed E-state index contributed by atoms with van der Waals surface area (Å²) >= 11 is 0. The van der Waals surface area contributed by atoms with E-state index in [2.05, 4.69) is 79.7 Å². The molecule has 6 heteroatoms. The molecule has 3 aromatic carbocycles. The van der Waals surface area contributed by atoms with Crippen LogP contribution >= 0.6 is 7.26 Å². The second-order valence-corrected chi connectivity index (χ2v) is 12.2. The number of pyridine rings is 1. The average molecular weight is 559 g/mol. The number of fused-ring (bicyclic) bond motifs is 1. The van der Waals surface area contributed by atoms with Crippen LogP contribution in [0, 0.1) is 0 Å². The first kappa shape index (κ1) is 25.8. The lowest BCUT2D eigenvalue weighted by molar-refractivity contribution is -0.0000252. The van der Waals surface area contributed by atoms with E-state index in [1.807, 2.05) is 53.9 Å². The Hall–Kier alpha value is -3.27. The Morgan fingerprint density at radius 2 is 1.28 bits per heavy atom. The summed E-state index contributed by atoms with van der Waals surface area (Å²) in [5.41, 5.74) is 1.92. The van der Waals surface area contributed by atoms with Crippen molar-refractivity contribution in [3.63, 3.8) is 0 Å². The Bertz CT molecular complexity index is 1340. The average Bonchev–Trinajstić information content (AvgIpc) is 3.31. The zero-order valence-electron chi connectivity index (χ0n) is 20.3. The minimum absolute atomic E-state index is 0. The highest BCUT2D eigenvalue weighted by Gasteiger charge is 2.53. The van der Waals surface area contributed by atoms with Crippen LogP contribution in [0.25, 0.3) is 5.65 Å². The van der Waals surface area contributed by atoms with Crippen LogP contribution < -0.4 is 32.9 Å². The van der Waals surface area contributed by atoms with E-state index in [0.717, 1.165) is 11.3 Å². The number of imidazole rings is 1. The van der Waals surface area contributed by atoms with Gasteiger partial charge in [0.1, 0.15) is 40.2 Å². The van der Waals surface area contributed by atoms with Crippen LogP contribution in [0.2, 0.25) is 0 Å². The summed E-state index contributed by atoms with van der Waals surface area (Å²) < 4.78 is 7.39. The fraction of sp³-hybridized carbons (Fsp3) is 0.133. The molecular weight excluding hydrogens is 531 g/mol. The monoisotopic (exact) mass is 558 g/mol. The van der Waals surface area contributed by atoms with E-state index >= 15 is 0 Å². The number of halogens is 1. The van der Waals surface area contributed by atoms with Gasteiger partial charge in [-0.1, -0.05) is 60.7 Å². The highest BCUT2D eigenvalue weighted by molar-refractivity contribution is 7.95. The molecular formula is C30H28BrN2O2P. The quantitative estimate of drug-likeness (QED) is 0.228. The lowest BCUT2D eigenvalue weighted by Crippen LogP contribution is -3.00. The van der Waals surface area contributed by atoms with Gasteiger partial charge in [0, 0.05) is 6.20 Å². The largest absolute Gasteiger partial charge is 1.00 e. The molecule has 0 fully saturated rings. The molecule has 0 saturated carbocycles. The second kappa shape index (κ2) is 11.2. The first-order valence-electron chi connectivity index (χ1n) is 11.9. The molecule has 0 aliphatic rings. The van der Waals surface area contributed by atoms with Gasteiger partial charge in [-0.15, -0.1) is 0 Å². The molecule has 0 radical (unpaired) electrons. The summed E-state index contributed by atoms with van der Waals surface area (Å²) in [6, 6.07) is 37.8. The van der Waals surface area contributed by atoms with E-state index in [1.165, 1.54) is 15.9 Å². The number of esters is 1. The molecule has 0 saturated heterocycles. The third-order valence-corrected chi connectivity index (χ3v) is 11.2. The van der Waals surface area contributed by atoms with Crippen LogP contribution in [-0.4, -0.2) is 22.0 Å². The van der Waals surface area contributed by atoms with Crippen LogP contribution in [0.5, 0.6) is 0 Å². The van der Waals surface area contributed by atoms with Crippen LogP contribution in [-0.2, 0) is 4.74 Å². The lowest BCUT2D eigenvalue weighted by Gasteiger charge is -2.32. The van der Waals surface area contributed by atoms with Gasteiger partial charge in [0.15, 0.2) is 5.69 Å². The number of hydrogen-bond acceptors (Lipinski definition) is 3. The van der Waals surface area contributed by atoms with E-state index in [4.69, 9.17) is 9.72 Å². The number of aromatic nitrogens is 2. The topological polar surface area (TPSA) is 43.6 Å². The molecule has 0 amide bonds. The standard InChI is InChI=1S/C30H28N2O2P.BrH/c1-3-34-30(33)29-28(31-27-21-13-14-22-32(27)29)23(2)35(24-15-7-4-8-16-24,25-17-9-5-10-18-25)26-19-11-6-12-20-26;/h4-23H,3H2,1-2H3;1H/q+1;/p-1. The second-order valence-electron chi connectivity index (χ2n) is 8.40. The lowest BCUT2D eigenvalue weighted by atomic mass is 10.2. The smallest absolute Gasteiger partial charge is 0.357 e. The van der Waals surface area contributed by atoms with Gasteiger partial charge in [0.05, 0.1) is 6.61 Å². The van der Waals surface area contributed by atoms with Gasteiger partial charge < -0.3 is 21.7 Å². The summed E-state index contributed by atoms with van der Waals surface area (Å²) in [5.74, 6) is -0.347. The highest BCUT2D eigenvalue weighted by Crippen LogP contribution is 2.66. The maximum absolute atomic E-state index is 13.3. The van der Waals surface area contributed by atoms with Gasteiger partial charge in [-0.3, -0.25) is 4.40 Å². The molecule has 0 bridgehead atoms. The minimum Gasteiger partial charge on any atom is -1.00 e. The van der Waals surface area contributed by atoms with Crippen molar-refractivity contribution in [2.45, 2.75) is 19.5 Å². The van der Waals surface area contributed by atoms with Gasteiger partial charge in [0.25, 0.3) is 0 Å². The summed E-state index contributed by atoms with van der Waals surface area (Å²) in [5, 5.41) is 3.74. The van der Waals surface area contributed by atoms with Crippen LogP contribution in [0.15, 0.2) is 115 Å². The van der Waals surface area contributed by atoms with E-state index in [1.54, 1.807) is 0 Å². The Labute approximate surface area is 223 Å². The van der Waals surface area contributed by atoms with Crippen molar-refractivity contribution in [2.24, 2.45) is 0 Å². The van der Waals surface area contributed by atoms with Crippen molar-refractivity contribution in [1.82, 2.24) is 9.38 Å². The molecule has 5 aromatic rings. The van der Waals surface area contributed by atoms with E-state index in [0.29, 0.717) is 12.3 Å². The van der Waals surface area contributed by atoms with Crippen LogP contribution in [0.3, 0.4) is 0 Å². The van der Waals surface area contributed by atoms with Gasteiger partial charge >= 0.3 is 5.97 Å². The normalized spacial score (nSPS) is 12.1. The number of carbonyl (C=O) groups is 1. The third kappa shape index (κ3) is 4.38. The Balaban J connectivity index is 0.00000304. The first-order chi connectivity index (χ1) is 17.2. The minimum atomic E-state index is -2.29. The number of carbonyl (C=O) groups excluding carboxylic acids is 1. The Morgan fingerprint density at radius 3 is 1.75 bits per heavy atom. The molecule has 0 N–H and O–H groups in total. The van der Waals surface area contributed by atoms with E-state index in [-0.39, 0.29) is 28.6 Å². The summed E-state index contributed by atoms with van der Waals surface area (Å²) in [4.78, 5) is 18.4. The summed E-state index contributed by atoms with van der Waals surface area (Å²) in [7, 11) is -2.29. The fourth-order valence-electron chi connectivity index (χ4n) is 5.00. The number of nitrogens with zero attached hydrogens (tertiary/aromatic N) is 2. The number of ether oxygens (including phenoxy) is 1. The molecule has 0 aliphatic heterocycles. The fourth-order valence-corrected chi connectivity index (χ4v) is 9.71. The zero-order chi connectivity index (χ0) is 24.3. The van der Waals surface area contributed by atoms with Crippen molar-refractivity contribution in [1.29, 1.82) is 0 Å². The Kier molecular flexibility index (Phi) is 8.03. The van der Waals surface area contributed by atoms with E-state index < -0.39 is 7.26 Å². The van der Waals surface area contributed by atoms with E-state index in [9.17, 15) is 4.79 Å². The van der Waals surface area contributed by atoms with Crippen molar-refractivity contribution in [3.8, 4) is 0 Å². The Morgan fingerprint density at radius 1 is 0.806 bits per heavy atom. The van der Waals surface area contributed by atoms with Crippen LogP contribution in [0.4, 0.5) is 0 Å². The maximum atomic E-state index is 13.3. The van der Waals surface area contributed by atoms with Crippen LogP contribution in [0.1, 0.15) is 35.7 Å². The number of rotatable bonds is 7. The first-order valence-corrected chi connectivity index (χ1v) is 13.7. The molecule has 1 atom stereocenters. The summed E-state index contributed by atoms with van der Waals surface area (Å²) in [6.45, 7) is 4.35. The third-order valence-electron chi connectivity index (χ3n) is 6.49. The molecule has 182 valence electrons. The van der Waals surface area contributed by atoms with Gasteiger partial charge in [-0.25, -0.2) is 9.78 Å². The molecule has 2 aromatic heterocycles. The molecule has 0 spiro atoms. The predicted octanol–water partition coefficient (Wildman–Crippen LogP) is 2.57. The molecule has 36 heavy (non-hydrogen) atoms.